The average molecular weight is 290 g/mol. The molecule has 0 amide bonds. The molecule has 0 saturated heterocycles. The normalized spacial score (nSPS) is 10.4. The molecule has 1 heterocycles. The van der Waals surface area contributed by atoms with Gasteiger partial charge in [-0.3, -0.25) is 10.1 Å². The first-order chi connectivity index (χ1) is 10.0. The van der Waals surface area contributed by atoms with Crippen LogP contribution in [0.2, 0.25) is 0 Å². The monoisotopic (exact) mass is 290 g/mol. The molecule has 0 spiro atoms. The Morgan fingerprint density at radius 3 is 2.86 bits per heavy atom. The standard InChI is InChI=1S/C14H15FN4O2/c1-3-6-16-14-17-8-12(19(20)21)13(18-14)11-7-10(15)5-4-9(11)2/h4-5,7-8H,3,6H2,1-2H3,(H,16,17,18). The summed E-state index contributed by atoms with van der Waals surface area (Å²) in [6, 6.07) is 4.12. The molecule has 21 heavy (non-hydrogen) atoms. The second kappa shape index (κ2) is 6.25. The largest absolute Gasteiger partial charge is 0.354 e. The second-order valence-corrected chi connectivity index (χ2v) is 4.57. The Kier molecular flexibility index (Phi) is 4.42. The highest BCUT2D eigenvalue weighted by atomic mass is 19.1. The molecule has 1 aromatic carbocycles. The molecule has 2 rings (SSSR count). The molecule has 0 unspecified atom stereocenters. The molecule has 0 fully saturated rings. The number of nitro groups is 1. The summed E-state index contributed by atoms with van der Waals surface area (Å²) in [5, 5.41) is 14.1. The van der Waals surface area contributed by atoms with Crippen LogP contribution in [0.3, 0.4) is 0 Å². The van der Waals surface area contributed by atoms with Gasteiger partial charge in [0.2, 0.25) is 5.95 Å². The highest BCUT2D eigenvalue weighted by Gasteiger charge is 2.20. The first kappa shape index (κ1) is 14.8. The van der Waals surface area contributed by atoms with E-state index in [0.29, 0.717) is 23.6 Å². The van der Waals surface area contributed by atoms with Gasteiger partial charge in [0.05, 0.1) is 4.92 Å². The van der Waals surface area contributed by atoms with Crippen molar-refractivity contribution in [3.8, 4) is 11.3 Å². The van der Waals surface area contributed by atoms with Gasteiger partial charge >= 0.3 is 5.69 Å². The maximum atomic E-state index is 13.4. The smallest absolute Gasteiger partial charge is 0.313 e. The van der Waals surface area contributed by atoms with Crippen molar-refractivity contribution in [2.45, 2.75) is 20.3 Å². The molecular weight excluding hydrogens is 275 g/mol. The van der Waals surface area contributed by atoms with Crippen LogP contribution in [-0.4, -0.2) is 21.4 Å². The molecule has 0 aliphatic heterocycles. The highest BCUT2D eigenvalue weighted by molar-refractivity contribution is 5.72. The van der Waals surface area contributed by atoms with E-state index < -0.39 is 10.7 Å². The summed E-state index contributed by atoms with van der Waals surface area (Å²) >= 11 is 0. The lowest BCUT2D eigenvalue weighted by atomic mass is 10.0. The van der Waals surface area contributed by atoms with Gasteiger partial charge in [0, 0.05) is 12.1 Å². The molecule has 0 saturated carbocycles. The Morgan fingerprint density at radius 1 is 1.43 bits per heavy atom. The van der Waals surface area contributed by atoms with Crippen LogP contribution in [0.25, 0.3) is 11.3 Å². The number of aromatic nitrogens is 2. The summed E-state index contributed by atoms with van der Waals surface area (Å²) in [6.07, 6.45) is 2.01. The first-order valence-electron chi connectivity index (χ1n) is 6.54. The predicted octanol–water partition coefficient (Wildman–Crippen LogP) is 3.32. The Balaban J connectivity index is 2.57. The summed E-state index contributed by atoms with van der Waals surface area (Å²) in [4.78, 5) is 18.7. The average Bonchev–Trinajstić information content (AvgIpc) is 2.47. The predicted molar refractivity (Wildman–Crippen MR) is 77.6 cm³/mol. The fourth-order valence-electron chi connectivity index (χ4n) is 1.88. The molecule has 0 atom stereocenters. The first-order valence-corrected chi connectivity index (χ1v) is 6.54. The zero-order valence-corrected chi connectivity index (χ0v) is 11.8. The van der Waals surface area contributed by atoms with Gasteiger partial charge in [-0.15, -0.1) is 0 Å². The van der Waals surface area contributed by atoms with Crippen LogP contribution in [0.4, 0.5) is 16.0 Å². The summed E-state index contributed by atoms with van der Waals surface area (Å²) in [5.41, 5.74) is 0.972. The lowest BCUT2D eigenvalue weighted by Crippen LogP contribution is -2.06. The van der Waals surface area contributed by atoms with Crippen molar-refractivity contribution < 1.29 is 9.31 Å². The summed E-state index contributed by atoms with van der Waals surface area (Å²) in [6.45, 7) is 4.38. The van der Waals surface area contributed by atoms with E-state index in [1.807, 2.05) is 6.92 Å². The Labute approximate surface area is 121 Å². The van der Waals surface area contributed by atoms with Crippen molar-refractivity contribution in [1.82, 2.24) is 9.97 Å². The molecule has 2 aromatic rings. The van der Waals surface area contributed by atoms with Crippen LogP contribution < -0.4 is 5.32 Å². The number of hydrogen-bond acceptors (Lipinski definition) is 5. The van der Waals surface area contributed by atoms with E-state index in [1.165, 1.54) is 12.1 Å². The third kappa shape index (κ3) is 3.31. The molecule has 1 aromatic heterocycles. The second-order valence-electron chi connectivity index (χ2n) is 4.57. The number of halogens is 1. The van der Waals surface area contributed by atoms with Gasteiger partial charge in [-0.2, -0.15) is 0 Å². The van der Waals surface area contributed by atoms with Crippen molar-refractivity contribution in [1.29, 1.82) is 0 Å². The Bertz CT molecular complexity index is 676. The van der Waals surface area contributed by atoms with Gasteiger partial charge in [0.25, 0.3) is 0 Å². The third-order valence-electron chi connectivity index (χ3n) is 2.95. The minimum absolute atomic E-state index is 0.116. The van der Waals surface area contributed by atoms with E-state index in [-0.39, 0.29) is 11.4 Å². The molecule has 0 bridgehead atoms. The number of nitrogens with one attached hydrogen (secondary N) is 1. The number of rotatable bonds is 5. The maximum Gasteiger partial charge on any atom is 0.313 e. The van der Waals surface area contributed by atoms with Crippen molar-refractivity contribution in [2.75, 3.05) is 11.9 Å². The Hall–Kier alpha value is -2.57. The van der Waals surface area contributed by atoms with Gasteiger partial charge in [0.15, 0.2) is 5.69 Å². The van der Waals surface area contributed by atoms with Crippen LogP contribution in [0.5, 0.6) is 0 Å². The number of hydrogen-bond donors (Lipinski definition) is 1. The van der Waals surface area contributed by atoms with E-state index in [4.69, 9.17) is 0 Å². The van der Waals surface area contributed by atoms with Crippen molar-refractivity contribution in [2.24, 2.45) is 0 Å². The zero-order chi connectivity index (χ0) is 15.4. The van der Waals surface area contributed by atoms with E-state index in [1.54, 1.807) is 13.0 Å². The van der Waals surface area contributed by atoms with Gasteiger partial charge < -0.3 is 5.32 Å². The number of benzene rings is 1. The summed E-state index contributed by atoms with van der Waals surface area (Å²) in [7, 11) is 0. The van der Waals surface area contributed by atoms with E-state index in [2.05, 4.69) is 15.3 Å². The lowest BCUT2D eigenvalue weighted by Gasteiger charge is -2.08. The van der Waals surface area contributed by atoms with E-state index in [0.717, 1.165) is 12.6 Å². The van der Waals surface area contributed by atoms with Crippen molar-refractivity contribution >= 4 is 11.6 Å². The van der Waals surface area contributed by atoms with Crippen molar-refractivity contribution in [3.63, 3.8) is 0 Å². The quantitative estimate of drug-likeness (QED) is 0.674. The molecule has 0 radical (unpaired) electrons. The number of anilines is 1. The fraction of sp³-hybridized carbons (Fsp3) is 0.286. The molecule has 0 aliphatic carbocycles. The summed E-state index contributed by atoms with van der Waals surface area (Å²) < 4.78 is 13.4. The molecule has 1 N–H and O–H groups in total. The van der Waals surface area contributed by atoms with Crippen LogP contribution in [0.1, 0.15) is 18.9 Å². The molecule has 6 nitrogen and oxygen atoms in total. The lowest BCUT2D eigenvalue weighted by molar-refractivity contribution is -0.384. The molecule has 7 heteroatoms. The maximum absolute atomic E-state index is 13.4. The highest BCUT2D eigenvalue weighted by Crippen LogP contribution is 2.31. The number of nitrogens with zero attached hydrogens (tertiary/aromatic N) is 3. The van der Waals surface area contributed by atoms with Crippen LogP contribution >= 0.6 is 0 Å². The van der Waals surface area contributed by atoms with E-state index in [9.17, 15) is 14.5 Å². The van der Waals surface area contributed by atoms with Gasteiger partial charge in [0.1, 0.15) is 12.0 Å². The zero-order valence-electron chi connectivity index (χ0n) is 11.8. The van der Waals surface area contributed by atoms with Crippen LogP contribution in [0.15, 0.2) is 24.4 Å². The van der Waals surface area contributed by atoms with Gasteiger partial charge in [-0.05, 0) is 31.0 Å². The third-order valence-corrected chi connectivity index (χ3v) is 2.95. The Morgan fingerprint density at radius 2 is 2.19 bits per heavy atom. The number of aryl methyl sites for hydroxylation is 1. The topological polar surface area (TPSA) is 81.0 Å². The minimum atomic E-state index is -0.566. The van der Waals surface area contributed by atoms with Crippen LogP contribution in [0, 0.1) is 22.9 Å². The van der Waals surface area contributed by atoms with E-state index >= 15 is 0 Å². The SMILES string of the molecule is CCCNc1ncc([N+](=O)[O-])c(-c2cc(F)ccc2C)n1. The van der Waals surface area contributed by atoms with Crippen molar-refractivity contribution in [3.05, 3.63) is 45.9 Å². The fourth-order valence-corrected chi connectivity index (χ4v) is 1.88. The van der Waals surface area contributed by atoms with Gasteiger partial charge in [-0.1, -0.05) is 13.0 Å². The minimum Gasteiger partial charge on any atom is -0.354 e. The van der Waals surface area contributed by atoms with Crippen LogP contribution in [-0.2, 0) is 0 Å². The molecule has 110 valence electrons. The summed E-state index contributed by atoms with van der Waals surface area (Å²) in [5.74, 6) is -0.173. The van der Waals surface area contributed by atoms with Gasteiger partial charge in [-0.25, -0.2) is 14.4 Å². The molecular formula is C14H15FN4O2. The molecule has 0 aliphatic rings.